The molecule has 8 nitrogen and oxygen atoms in total. The molecule has 0 heterocycles. The van der Waals surface area contributed by atoms with Crippen molar-refractivity contribution in [2.24, 2.45) is 11.5 Å². The van der Waals surface area contributed by atoms with Crippen LogP contribution in [-0.4, -0.2) is 43.4 Å². The fourth-order valence-electron chi connectivity index (χ4n) is 2.24. The lowest BCUT2D eigenvalue weighted by atomic mass is 10.1. The van der Waals surface area contributed by atoms with E-state index in [2.05, 4.69) is 5.32 Å². The van der Waals surface area contributed by atoms with Crippen molar-refractivity contribution in [2.75, 3.05) is 20.3 Å². The number of nitrogens with one attached hydrogen (secondary N) is 1. The van der Waals surface area contributed by atoms with E-state index < -0.39 is 18.0 Å². The first-order valence-electron chi connectivity index (χ1n) is 9.40. The minimum atomic E-state index is -0.787. The number of carbonyl (C=O) groups excluding carboxylic acids is 2. The van der Waals surface area contributed by atoms with E-state index in [-0.39, 0.29) is 10.9 Å². The predicted molar refractivity (Wildman–Crippen MR) is 116 cm³/mol. The van der Waals surface area contributed by atoms with Crippen LogP contribution in [0, 0.1) is 0 Å². The van der Waals surface area contributed by atoms with Gasteiger partial charge in [-0.1, -0.05) is 19.4 Å². The molecule has 0 aliphatic carbocycles. The highest BCUT2D eigenvalue weighted by atomic mass is 32.1. The van der Waals surface area contributed by atoms with Crippen molar-refractivity contribution < 1.29 is 23.8 Å². The minimum absolute atomic E-state index is 0.203. The van der Waals surface area contributed by atoms with Gasteiger partial charge in [0.05, 0.1) is 13.7 Å². The maximum atomic E-state index is 12.2. The third-order valence-corrected chi connectivity index (χ3v) is 3.99. The van der Waals surface area contributed by atoms with Gasteiger partial charge < -0.3 is 31.0 Å². The van der Waals surface area contributed by atoms with E-state index in [4.69, 9.17) is 37.9 Å². The monoisotopic (exact) mass is 423 g/mol. The fraction of sp³-hybridized carbons (Fsp3) is 0.450. The molecule has 1 atom stereocenters. The summed E-state index contributed by atoms with van der Waals surface area (Å²) in [7, 11) is 1.46. The average Bonchev–Trinajstić information content (AvgIpc) is 2.70. The lowest BCUT2D eigenvalue weighted by Gasteiger charge is -2.14. The minimum Gasteiger partial charge on any atom is -0.493 e. The summed E-state index contributed by atoms with van der Waals surface area (Å²) in [6, 6.07) is 4.14. The lowest BCUT2D eigenvalue weighted by molar-refractivity contribution is -0.138. The largest absolute Gasteiger partial charge is 0.493 e. The number of methoxy groups -OCH3 is 1. The van der Waals surface area contributed by atoms with Crippen molar-refractivity contribution in [3.8, 4) is 11.5 Å². The summed E-state index contributed by atoms with van der Waals surface area (Å²) in [5.74, 6) is -0.385. The van der Waals surface area contributed by atoms with Crippen LogP contribution in [0.25, 0.3) is 6.08 Å². The van der Waals surface area contributed by atoms with Crippen LogP contribution < -0.4 is 26.3 Å². The summed E-state index contributed by atoms with van der Waals surface area (Å²) in [4.78, 5) is 23.8. The molecule has 1 rings (SSSR count). The molecule has 0 aliphatic heterocycles. The molecule has 29 heavy (non-hydrogen) atoms. The fourth-order valence-corrected chi connectivity index (χ4v) is 2.34. The highest BCUT2D eigenvalue weighted by Crippen LogP contribution is 2.29. The molecule has 0 radical (unpaired) electrons. The Morgan fingerprint density at radius 3 is 2.69 bits per heavy atom. The molecule has 0 saturated heterocycles. The number of hydrogen-bond acceptors (Lipinski definition) is 7. The molecular weight excluding hydrogens is 394 g/mol. The topological polar surface area (TPSA) is 126 Å². The van der Waals surface area contributed by atoms with Gasteiger partial charge in [-0.2, -0.15) is 0 Å². The maximum Gasteiger partial charge on any atom is 0.330 e. The Morgan fingerprint density at radius 1 is 1.28 bits per heavy atom. The van der Waals surface area contributed by atoms with Gasteiger partial charge in [0, 0.05) is 12.6 Å². The van der Waals surface area contributed by atoms with Crippen LogP contribution in [0.1, 0.15) is 38.2 Å². The van der Waals surface area contributed by atoms with Crippen LogP contribution in [0.5, 0.6) is 11.5 Å². The summed E-state index contributed by atoms with van der Waals surface area (Å²) in [5, 5.41) is 2.99. The highest BCUT2D eigenvalue weighted by molar-refractivity contribution is 7.80. The number of unbranched alkanes of at least 4 members (excludes halogenated alkanes) is 1. The Labute approximate surface area is 176 Å². The highest BCUT2D eigenvalue weighted by Gasteiger charge is 2.18. The molecule has 1 aromatic rings. The summed E-state index contributed by atoms with van der Waals surface area (Å²) in [6.07, 6.45) is 5.75. The van der Waals surface area contributed by atoms with Crippen molar-refractivity contribution >= 4 is 35.3 Å². The third kappa shape index (κ3) is 9.91. The zero-order valence-electron chi connectivity index (χ0n) is 16.8. The van der Waals surface area contributed by atoms with Gasteiger partial charge in [0.2, 0.25) is 0 Å². The third-order valence-electron chi connectivity index (χ3n) is 3.85. The molecule has 0 amide bonds. The van der Waals surface area contributed by atoms with Crippen LogP contribution in [-0.2, 0) is 14.3 Å². The van der Waals surface area contributed by atoms with Gasteiger partial charge in [-0.25, -0.2) is 9.59 Å². The number of benzene rings is 1. The average molecular weight is 424 g/mol. The van der Waals surface area contributed by atoms with Crippen molar-refractivity contribution in [3.63, 3.8) is 0 Å². The molecule has 0 aromatic heterocycles. The molecule has 0 aliphatic rings. The first-order valence-corrected chi connectivity index (χ1v) is 9.81. The number of ether oxygens (including phenoxy) is 3. The van der Waals surface area contributed by atoms with Crippen LogP contribution in [0.2, 0.25) is 0 Å². The number of carbonyl (C=O) groups is 2. The summed E-state index contributed by atoms with van der Waals surface area (Å²) < 4.78 is 15.7. The van der Waals surface area contributed by atoms with Crippen molar-refractivity contribution in [1.29, 1.82) is 0 Å². The quantitative estimate of drug-likeness (QED) is 0.152. The predicted octanol–water partition coefficient (Wildman–Crippen LogP) is 1.90. The van der Waals surface area contributed by atoms with Crippen LogP contribution in [0.4, 0.5) is 0 Å². The number of thiocarbonyl (C=S) groups is 1. The molecule has 0 spiro atoms. The number of esters is 2. The Balaban J connectivity index is 2.63. The molecule has 1 unspecified atom stereocenters. The van der Waals surface area contributed by atoms with Crippen LogP contribution in [0.3, 0.4) is 0 Å². The Morgan fingerprint density at radius 2 is 2.03 bits per heavy atom. The molecule has 0 bridgehead atoms. The second kappa shape index (κ2) is 13.5. The molecule has 0 fully saturated rings. The lowest BCUT2D eigenvalue weighted by Crippen LogP contribution is -2.36. The SMILES string of the molecule is CCCCOC(=O)/C=C/c1ccc(OC(=O)C(N)CCCNC(N)=S)c(OC)c1. The first kappa shape index (κ1) is 24.4. The van der Waals surface area contributed by atoms with Crippen molar-refractivity contribution in [1.82, 2.24) is 5.32 Å². The van der Waals surface area contributed by atoms with Gasteiger partial charge in [-0.3, -0.25) is 0 Å². The summed E-state index contributed by atoms with van der Waals surface area (Å²) in [6.45, 7) is 2.95. The number of rotatable bonds is 12. The molecular formula is C20H29N3O5S. The molecule has 9 heteroatoms. The van der Waals surface area contributed by atoms with Gasteiger partial charge in [0.25, 0.3) is 0 Å². The van der Waals surface area contributed by atoms with Gasteiger partial charge in [-0.05, 0) is 55.3 Å². The van der Waals surface area contributed by atoms with E-state index in [1.54, 1.807) is 24.3 Å². The van der Waals surface area contributed by atoms with Crippen molar-refractivity contribution in [3.05, 3.63) is 29.8 Å². The molecule has 5 N–H and O–H groups in total. The Hall–Kier alpha value is -2.65. The Bertz CT molecular complexity index is 724. The second-order valence-electron chi connectivity index (χ2n) is 6.23. The zero-order chi connectivity index (χ0) is 21.6. The van der Waals surface area contributed by atoms with Gasteiger partial charge >= 0.3 is 11.9 Å². The Kier molecular flexibility index (Phi) is 11.4. The second-order valence-corrected chi connectivity index (χ2v) is 6.67. The smallest absolute Gasteiger partial charge is 0.330 e. The normalized spacial score (nSPS) is 11.7. The van der Waals surface area contributed by atoms with Gasteiger partial charge in [0.1, 0.15) is 6.04 Å². The standard InChI is InChI=1S/C20H29N3O5S/c1-3-4-12-27-18(24)10-8-14-7-9-16(17(13-14)26-2)28-19(25)15(21)6-5-11-23-20(22)29/h7-10,13,15H,3-6,11-12,21H2,1-2H3,(H3,22,23,29)/b10-8+. The van der Waals surface area contributed by atoms with Gasteiger partial charge in [-0.15, -0.1) is 0 Å². The van der Waals surface area contributed by atoms with Crippen LogP contribution >= 0.6 is 12.2 Å². The van der Waals surface area contributed by atoms with E-state index >= 15 is 0 Å². The van der Waals surface area contributed by atoms with E-state index in [9.17, 15) is 9.59 Å². The van der Waals surface area contributed by atoms with E-state index in [1.165, 1.54) is 13.2 Å². The molecule has 0 saturated carbocycles. The van der Waals surface area contributed by atoms with E-state index in [1.807, 2.05) is 6.92 Å². The van der Waals surface area contributed by atoms with E-state index in [0.717, 1.165) is 12.8 Å². The summed E-state index contributed by atoms with van der Waals surface area (Å²) in [5.41, 5.74) is 11.9. The zero-order valence-corrected chi connectivity index (χ0v) is 17.6. The number of nitrogens with two attached hydrogens (primary N) is 2. The van der Waals surface area contributed by atoms with Crippen LogP contribution in [0.15, 0.2) is 24.3 Å². The maximum absolute atomic E-state index is 12.2. The van der Waals surface area contributed by atoms with Crippen molar-refractivity contribution in [2.45, 2.75) is 38.6 Å². The molecule has 160 valence electrons. The summed E-state index contributed by atoms with van der Waals surface area (Å²) >= 11 is 4.71. The molecule has 1 aromatic carbocycles. The first-order chi connectivity index (χ1) is 13.9. The van der Waals surface area contributed by atoms with E-state index in [0.29, 0.717) is 37.3 Å². The van der Waals surface area contributed by atoms with Gasteiger partial charge in [0.15, 0.2) is 16.6 Å². The number of hydrogen-bond donors (Lipinski definition) is 3.